The van der Waals surface area contributed by atoms with Gasteiger partial charge in [0.15, 0.2) is 0 Å². The number of hydrogen-bond donors (Lipinski definition) is 2. The van der Waals surface area contributed by atoms with Gasteiger partial charge in [-0.1, -0.05) is 37.5 Å². The Hall–Kier alpha value is -5.77. The van der Waals surface area contributed by atoms with Gasteiger partial charge in [0.05, 0.1) is 27.8 Å². The van der Waals surface area contributed by atoms with Crippen molar-refractivity contribution in [3.63, 3.8) is 0 Å². The Bertz CT molecular complexity index is 2180. The first kappa shape index (κ1) is 27.8. The fourth-order valence-electron chi connectivity index (χ4n) is 6.66. The molecule has 3 heterocycles. The minimum atomic E-state index is -0.972. The first-order valence-electron chi connectivity index (χ1n) is 15.5. The summed E-state index contributed by atoms with van der Waals surface area (Å²) in [4.78, 5) is 16.9. The van der Waals surface area contributed by atoms with Crippen molar-refractivity contribution in [1.82, 2.24) is 34.7 Å². The number of imidazole rings is 1. The van der Waals surface area contributed by atoms with E-state index in [1.54, 1.807) is 12.1 Å². The predicted molar refractivity (Wildman–Crippen MR) is 175 cm³/mol. The van der Waals surface area contributed by atoms with E-state index in [0.29, 0.717) is 17.6 Å². The molecule has 0 radical (unpaired) electrons. The third-order valence-corrected chi connectivity index (χ3v) is 8.93. The van der Waals surface area contributed by atoms with Crippen LogP contribution in [0.2, 0.25) is 0 Å². The second kappa shape index (κ2) is 11.6. The van der Waals surface area contributed by atoms with Gasteiger partial charge in [-0.25, -0.2) is 9.78 Å². The summed E-state index contributed by atoms with van der Waals surface area (Å²) in [6, 6.07) is 29.9. The Kier molecular flexibility index (Phi) is 7.01. The number of hydrogen-bond acceptors (Lipinski definition) is 6. The maximum absolute atomic E-state index is 11.8. The lowest BCUT2D eigenvalue weighted by Crippen LogP contribution is -2.14. The molecule has 7 aromatic rings. The van der Waals surface area contributed by atoms with Crippen LogP contribution in [0.15, 0.2) is 97.2 Å². The molecule has 0 atom stereocenters. The standard InChI is InChI=1S/C36H31N7O3/c44-36(45)26-13-16-32(42-19-18-23-6-4-5-9-31(23)42)27(20-26)22-46-29-14-10-24(11-15-29)35-37-30-21-25(34-38-40-41-39-34)12-17-33(30)43(35)28-7-2-1-3-8-28/h4-6,9-21,28H,1-3,7-8,22H2,(H,44,45)(H,38,39,40,41). The van der Waals surface area contributed by atoms with E-state index in [2.05, 4.69) is 54.0 Å². The van der Waals surface area contributed by atoms with E-state index in [0.717, 1.165) is 63.0 Å². The van der Waals surface area contributed by atoms with E-state index < -0.39 is 5.97 Å². The Labute approximate surface area is 264 Å². The number of aromatic nitrogens is 7. The minimum absolute atomic E-state index is 0.210. The molecular weight excluding hydrogens is 578 g/mol. The van der Waals surface area contributed by atoms with Crippen molar-refractivity contribution in [3.05, 3.63) is 108 Å². The average Bonchev–Trinajstić information content (AvgIpc) is 3.87. The van der Waals surface area contributed by atoms with E-state index in [9.17, 15) is 9.90 Å². The molecule has 46 heavy (non-hydrogen) atoms. The van der Waals surface area contributed by atoms with Gasteiger partial charge in [0, 0.05) is 28.9 Å². The quantitative estimate of drug-likeness (QED) is 0.182. The molecule has 10 heteroatoms. The molecule has 0 unspecified atom stereocenters. The number of carboxylic acids is 1. The van der Waals surface area contributed by atoms with Crippen molar-refractivity contribution in [2.24, 2.45) is 0 Å². The predicted octanol–water partition coefficient (Wildman–Crippen LogP) is 7.61. The summed E-state index contributed by atoms with van der Waals surface area (Å²) in [7, 11) is 0. The van der Waals surface area contributed by atoms with Crippen molar-refractivity contribution in [1.29, 1.82) is 0 Å². The topological polar surface area (TPSA) is 124 Å². The first-order valence-corrected chi connectivity index (χ1v) is 15.5. The Morgan fingerprint density at radius 2 is 1.72 bits per heavy atom. The number of H-pyrrole nitrogens is 1. The van der Waals surface area contributed by atoms with Crippen molar-refractivity contribution in [2.75, 3.05) is 0 Å². The molecule has 2 N–H and O–H groups in total. The molecule has 228 valence electrons. The molecule has 3 aromatic heterocycles. The number of aromatic carboxylic acids is 1. The lowest BCUT2D eigenvalue weighted by Gasteiger charge is -2.25. The van der Waals surface area contributed by atoms with Crippen molar-refractivity contribution in [2.45, 2.75) is 44.8 Å². The highest BCUT2D eigenvalue weighted by Gasteiger charge is 2.23. The highest BCUT2D eigenvalue weighted by molar-refractivity contribution is 5.89. The number of nitrogens with one attached hydrogen (secondary N) is 1. The molecule has 0 amide bonds. The lowest BCUT2D eigenvalue weighted by atomic mass is 9.95. The first-order chi connectivity index (χ1) is 22.6. The fourth-order valence-corrected chi connectivity index (χ4v) is 6.66. The molecule has 1 fully saturated rings. The number of nitrogens with zero attached hydrogens (tertiary/aromatic N) is 6. The zero-order chi connectivity index (χ0) is 31.0. The molecule has 4 aromatic carbocycles. The summed E-state index contributed by atoms with van der Waals surface area (Å²) in [6.07, 6.45) is 7.94. The molecular formula is C36H31N7O3. The summed E-state index contributed by atoms with van der Waals surface area (Å²) in [6.45, 7) is 0.210. The number of aromatic amines is 1. The van der Waals surface area contributed by atoms with Crippen LogP contribution in [0, 0.1) is 0 Å². The SMILES string of the molecule is O=C(O)c1ccc(-n2ccc3ccccc32)c(COc2ccc(-c3nc4cc(-c5nn[nH]n5)ccc4n3C3CCCCC3)cc2)c1. The van der Waals surface area contributed by atoms with Crippen LogP contribution in [-0.2, 0) is 6.61 Å². The van der Waals surface area contributed by atoms with Crippen LogP contribution in [0.1, 0.15) is 54.1 Å². The van der Waals surface area contributed by atoms with Crippen LogP contribution in [0.25, 0.3) is 50.4 Å². The van der Waals surface area contributed by atoms with E-state index in [4.69, 9.17) is 9.72 Å². The summed E-state index contributed by atoms with van der Waals surface area (Å²) >= 11 is 0. The van der Waals surface area contributed by atoms with Gasteiger partial charge in [-0.05, 0) is 96.2 Å². The van der Waals surface area contributed by atoms with Gasteiger partial charge in [0.2, 0.25) is 5.82 Å². The molecule has 0 bridgehead atoms. The summed E-state index contributed by atoms with van der Waals surface area (Å²) < 4.78 is 10.7. The third-order valence-electron chi connectivity index (χ3n) is 8.93. The third kappa shape index (κ3) is 5.07. The molecule has 1 saturated carbocycles. The molecule has 0 aliphatic heterocycles. The van der Waals surface area contributed by atoms with Crippen LogP contribution in [-0.4, -0.2) is 45.8 Å². The van der Waals surface area contributed by atoms with E-state index in [-0.39, 0.29) is 12.2 Å². The zero-order valence-corrected chi connectivity index (χ0v) is 25.0. The molecule has 0 saturated heterocycles. The summed E-state index contributed by atoms with van der Waals surface area (Å²) in [5.41, 5.74) is 6.78. The van der Waals surface area contributed by atoms with Gasteiger partial charge in [-0.2, -0.15) is 5.21 Å². The molecule has 1 aliphatic rings. The lowest BCUT2D eigenvalue weighted by molar-refractivity contribution is 0.0696. The highest BCUT2D eigenvalue weighted by Crippen LogP contribution is 2.37. The van der Waals surface area contributed by atoms with Gasteiger partial charge in [0.1, 0.15) is 18.2 Å². The normalized spacial score (nSPS) is 13.8. The van der Waals surface area contributed by atoms with E-state index in [1.807, 2.05) is 60.8 Å². The molecule has 8 rings (SSSR count). The van der Waals surface area contributed by atoms with Crippen LogP contribution in [0.4, 0.5) is 0 Å². The van der Waals surface area contributed by atoms with Gasteiger partial charge in [-0.3, -0.25) is 0 Å². The monoisotopic (exact) mass is 609 g/mol. The molecule has 1 aliphatic carbocycles. The Morgan fingerprint density at radius 3 is 2.52 bits per heavy atom. The van der Waals surface area contributed by atoms with Crippen molar-refractivity contribution >= 4 is 27.9 Å². The van der Waals surface area contributed by atoms with Crippen LogP contribution in [0.5, 0.6) is 5.75 Å². The van der Waals surface area contributed by atoms with Crippen molar-refractivity contribution < 1.29 is 14.6 Å². The Balaban J connectivity index is 1.11. The smallest absolute Gasteiger partial charge is 0.335 e. The van der Waals surface area contributed by atoms with E-state index >= 15 is 0 Å². The Morgan fingerprint density at radius 1 is 0.891 bits per heavy atom. The number of rotatable bonds is 8. The summed E-state index contributed by atoms with van der Waals surface area (Å²) in [5.74, 6) is 1.18. The maximum atomic E-state index is 11.8. The van der Waals surface area contributed by atoms with Gasteiger partial charge >= 0.3 is 5.97 Å². The van der Waals surface area contributed by atoms with Gasteiger partial charge in [0.25, 0.3) is 0 Å². The number of benzene rings is 4. The highest BCUT2D eigenvalue weighted by atomic mass is 16.5. The molecule has 10 nitrogen and oxygen atoms in total. The molecule has 0 spiro atoms. The van der Waals surface area contributed by atoms with Gasteiger partial charge in [-0.15, -0.1) is 10.2 Å². The minimum Gasteiger partial charge on any atom is -0.489 e. The number of carbonyl (C=O) groups is 1. The number of tetrazole rings is 1. The number of fused-ring (bicyclic) bond motifs is 2. The van der Waals surface area contributed by atoms with E-state index in [1.165, 1.54) is 19.3 Å². The van der Waals surface area contributed by atoms with Crippen molar-refractivity contribution in [3.8, 4) is 34.2 Å². The van der Waals surface area contributed by atoms with Gasteiger partial charge < -0.3 is 19.0 Å². The largest absolute Gasteiger partial charge is 0.489 e. The zero-order valence-electron chi connectivity index (χ0n) is 25.0. The number of para-hydroxylation sites is 1. The maximum Gasteiger partial charge on any atom is 0.335 e. The second-order valence-electron chi connectivity index (χ2n) is 11.7. The number of carboxylic acid groups (broad SMARTS) is 1. The second-order valence-corrected chi connectivity index (χ2v) is 11.7. The average molecular weight is 610 g/mol. The fraction of sp³-hybridized carbons (Fsp3) is 0.194. The number of ether oxygens (including phenoxy) is 1. The van der Waals surface area contributed by atoms with Crippen LogP contribution < -0.4 is 4.74 Å². The van der Waals surface area contributed by atoms with Crippen LogP contribution >= 0.6 is 0 Å². The summed E-state index contributed by atoms with van der Waals surface area (Å²) in [5, 5.41) is 25.3. The van der Waals surface area contributed by atoms with Crippen LogP contribution in [0.3, 0.4) is 0 Å².